The van der Waals surface area contributed by atoms with Crippen molar-refractivity contribution in [2.24, 2.45) is 0 Å². The van der Waals surface area contributed by atoms with Crippen LogP contribution in [0.2, 0.25) is 0 Å². The highest BCUT2D eigenvalue weighted by atomic mass is 16.5. The Morgan fingerprint density at radius 1 is 0.971 bits per heavy atom. The highest BCUT2D eigenvalue weighted by Crippen LogP contribution is 2.24. The van der Waals surface area contributed by atoms with E-state index in [-0.39, 0.29) is 16.9 Å². The van der Waals surface area contributed by atoms with Crippen molar-refractivity contribution in [1.82, 2.24) is 25.0 Å². The van der Waals surface area contributed by atoms with Crippen molar-refractivity contribution in [3.63, 3.8) is 0 Å². The van der Waals surface area contributed by atoms with Gasteiger partial charge in [-0.1, -0.05) is 38.1 Å². The molecular weight excluding hydrogens is 432 g/mol. The van der Waals surface area contributed by atoms with E-state index in [0.29, 0.717) is 60.3 Å². The average molecular weight is 459 g/mol. The first kappa shape index (κ1) is 21.8. The summed E-state index contributed by atoms with van der Waals surface area (Å²) in [6, 6.07) is 14.5. The van der Waals surface area contributed by atoms with Gasteiger partial charge >= 0.3 is 0 Å². The minimum absolute atomic E-state index is 0.0351. The summed E-state index contributed by atoms with van der Waals surface area (Å²) in [5, 5.41) is 4.62. The van der Waals surface area contributed by atoms with Crippen LogP contribution in [0.3, 0.4) is 0 Å². The monoisotopic (exact) mass is 458 g/mol. The van der Waals surface area contributed by atoms with Crippen molar-refractivity contribution >= 4 is 22.8 Å². The molecule has 3 heterocycles. The second-order valence-corrected chi connectivity index (χ2v) is 9.44. The van der Waals surface area contributed by atoms with Gasteiger partial charge in [0, 0.05) is 42.7 Å². The molecule has 174 valence electrons. The summed E-state index contributed by atoms with van der Waals surface area (Å²) in [6.45, 7) is 8.32. The Kier molecular flexibility index (Phi) is 5.39. The highest BCUT2D eigenvalue weighted by Gasteiger charge is 2.25. The summed E-state index contributed by atoms with van der Waals surface area (Å²) in [7, 11) is 0. The van der Waals surface area contributed by atoms with Gasteiger partial charge in [-0.25, -0.2) is 4.98 Å². The quantitative estimate of drug-likeness (QED) is 0.502. The lowest BCUT2D eigenvalue weighted by Crippen LogP contribution is -2.49. The van der Waals surface area contributed by atoms with Gasteiger partial charge in [0.2, 0.25) is 5.95 Å². The smallest absolute Gasteiger partial charge is 0.260 e. The van der Waals surface area contributed by atoms with Gasteiger partial charge in [-0.05, 0) is 36.4 Å². The zero-order chi connectivity index (χ0) is 23.9. The molecule has 1 aliphatic heterocycles. The minimum atomic E-state index is -0.199. The fraction of sp³-hybridized carbons (Fsp3) is 0.320. The molecule has 0 bridgehead atoms. The first-order chi connectivity index (χ1) is 16.3. The molecule has 5 rings (SSSR count). The second kappa shape index (κ2) is 8.40. The van der Waals surface area contributed by atoms with Crippen molar-refractivity contribution in [3.05, 3.63) is 70.3 Å². The van der Waals surface area contributed by atoms with E-state index in [9.17, 15) is 9.59 Å². The van der Waals surface area contributed by atoms with Gasteiger partial charge in [-0.3, -0.25) is 14.6 Å². The van der Waals surface area contributed by atoms with Crippen molar-refractivity contribution in [1.29, 1.82) is 0 Å². The maximum Gasteiger partial charge on any atom is 0.260 e. The average Bonchev–Trinajstić information content (AvgIpc) is 3.35. The van der Waals surface area contributed by atoms with Crippen LogP contribution in [0.5, 0.6) is 0 Å². The summed E-state index contributed by atoms with van der Waals surface area (Å²) in [5.74, 6) is 1.58. The standard InChI is InChI=1S/C25H26N6O3/c1-25(2,3)23-28-21(34-29-23)16-8-10-17(11-9-16)22(33)30-12-14-31(15-13-30)24-26-19-7-5-4-6-18(19)20(32)27-24/h4-11H,12-15H2,1-3H3,(H,26,27,32). The molecule has 1 amide bonds. The van der Waals surface area contributed by atoms with E-state index in [0.717, 1.165) is 5.56 Å². The SMILES string of the molecule is CC(C)(C)c1noc(-c2ccc(C(=O)N3CCN(c4nc5ccccc5c(=O)[nH]4)CC3)cc2)n1. The predicted molar refractivity (Wildman–Crippen MR) is 129 cm³/mol. The summed E-state index contributed by atoms with van der Waals surface area (Å²) in [5.41, 5.74) is 1.68. The molecule has 0 aliphatic carbocycles. The molecular formula is C25H26N6O3. The van der Waals surface area contributed by atoms with Crippen LogP contribution in [0.4, 0.5) is 5.95 Å². The topological polar surface area (TPSA) is 108 Å². The molecule has 0 spiro atoms. The Bertz CT molecular complexity index is 1390. The first-order valence-corrected chi connectivity index (χ1v) is 11.3. The number of nitrogens with one attached hydrogen (secondary N) is 1. The van der Waals surface area contributed by atoms with Gasteiger partial charge in [0.15, 0.2) is 5.82 Å². The Morgan fingerprint density at radius 2 is 1.68 bits per heavy atom. The van der Waals surface area contributed by atoms with Crippen LogP contribution in [0.1, 0.15) is 37.0 Å². The number of hydrogen-bond acceptors (Lipinski definition) is 7. The fourth-order valence-corrected chi connectivity index (χ4v) is 3.93. The molecule has 9 nitrogen and oxygen atoms in total. The number of aromatic nitrogens is 4. The van der Waals surface area contributed by atoms with Crippen LogP contribution >= 0.6 is 0 Å². The number of hydrogen-bond donors (Lipinski definition) is 1. The van der Waals surface area contributed by atoms with Crippen molar-refractivity contribution in [3.8, 4) is 11.5 Å². The van der Waals surface area contributed by atoms with Gasteiger partial charge in [0.05, 0.1) is 10.9 Å². The van der Waals surface area contributed by atoms with Crippen molar-refractivity contribution < 1.29 is 9.32 Å². The largest absolute Gasteiger partial charge is 0.339 e. The number of nitrogens with zero attached hydrogens (tertiary/aromatic N) is 5. The minimum Gasteiger partial charge on any atom is -0.339 e. The van der Waals surface area contributed by atoms with E-state index in [1.54, 1.807) is 18.2 Å². The van der Waals surface area contributed by atoms with Crippen molar-refractivity contribution in [2.75, 3.05) is 31.1 Å². The molecule has 2 aromatic carbocycles. The van der Waals surface area contributed by atoms with Crippen LogP contribution in [0, 0.1) is 0 Å². The third kappa shape index (κ3) is 4.16. The highest BCUT2D eigenvalue weighted by molar-refractivity contribution is 5.94. The number of aromatic amines is 1. The lowest BCUT2D eigenvalue weighted by molar-refractivity contribution is 0.0746. The summed E-state index contributed by atoms with van der Waals surface area (Å²) < 4.78 is 5.39. The Balaban J connectivity index is 1.25. The van der Waals surface area contributed by atoms with Crippen LogP contribution in [0.25, 0.3) is 22.4 Å². The summed E-state index contributed by atoms with van der Waals surface area (Å²) >= 11 is 0. The molecule has 0 radical (unpaired) electrons. The maximum atomic E-state index is 13.0. The normalized spacial score (nSPS) is 14.6. The van der Waals surface area contributed by atoms with E-state index in [1.165, 1.54) is 0 Å². The number of anilines is 1. The van der Waals surface area contributed by atoms with E-state index in [2.05, 4.69) is 20.1 Å². The van der Waals surface area contributed by atoms with Crippen LogP contribution in [-0.4, -0.2) is 57.1 Å². The summed E-state index contributed by atoms with van der Waals surface area (Å²) in [6.07, 6.45) is 0. The number of para-hydroxylation sites is 1. The number of benzene rings is 2. The Labute approximate surface area is 196 Å². The number of fused-ring (bicyclic) bond motifs is 1. The number of amides is 1. The predicted octanol–water partition coefficient (Wildman–Crippen LogP) is 3.23. The molecule has 0 saturated carbocycles. The molecule has 2 aromatic heterocycles. The van der Waals surface area contributed by atoms with E-state index in [1.807, 2.05) is 60.9 Å². The first-order valence-electron chi connectivity index (χ1n) is 11.3. The zero-order valence-electron chi connectivity index (χ0n) is 19.4. The molecule has 0 atom stereocenters. The van der Waals surface area contributed by atoms with Crippen LogP contribution in [0.15, 0.2) is 57.8 Å². The number of carbonyl (C=O) groups is 1. The molecule has 9 heteroatoms. The number of carbonyl (C=O) groups excluding carboxylic acids is 1. The Hall–Kier alpha value is -4.01. The fourth-order valence-electron chi connectivity index (χ4n) is 3.93. The van der Waals surface area contributed by atoms with E-state index >= 15 is 0 Å². The second-order valence-electron chi connectivity index (χ2n) is 9.44. The molecule has 1 fully saturated rings. The van der Waals surface area contributed by atoms with Gasteiger partial charge < -0.3 is 14.3 Å². The Morgan fingerprint density at radius 3 is 2.35 bits per heavy atom. The summed E-state index contributed by atoms with van der Waals surface area (Å²) in [4.78, 5) is 41.2. The lowest BCUT2D eigenvalue weighted by Gasteiger charge is -2.35. The molecule has 34 heavy (non-hydrogen) atoms. The molecule has 1 saturated heterocycles. The molecule has 1 N–H and O–H groups in total. The van der Waals surface area contributed by atoms with Crippen molar-refractivity contribution in [2.45, 2.75) is 26.2 Å². The van der Waals surface area contributed by atoms with Gasteiger partial charge in [-0.15, -0.1) is 0 Å². The lowest BCUT2D eigenvalue weighted by atomic mass is 9.96. The van der Waals surface area contributed by atoms with Crippen LogP contribution < -0.4 is 10.5 Å². The third-order valence-electron chi connectivity index (χ3n) is 5.94. The van der Waals surface area contributed by atoms with E-state index < -0.39 is 0 Å². The third-order valence-corrected chi connectivity index (χ3v) is 5.94. The zero-order valence-corrected chi connectivity index (χ0v) is 19.4. The van der Waals surface area contributed by atoms with Gasteiger partial charge in [0.25, 0.3) is 17.4 Å². The number of piperazine rings is 1. The molecule has 0 unspecified atom stereocenters. The number of rotatable bonds is 3. The van der Waals surface area contributed by atoms with Gasteiger partial charge in [-0.2, -0.15) is 4.98 Å². The van der Waals surface area contributed by atoms with Gasteiger partial charge in [0.1, 0.15) is 0 Å². The number of H-pyrrole nitrogens is 1. The molecule has 4 aromatic rings. The maximum absolute atomic E-state index is 13.0. The van der Waals surface area contributed by atoms with Crippen LogP contribution in [-0.2, 0) is 5.41 Å². The molecule has 1 aliphatic rings. The van der Waals surface area contributed by atoms with E-state index in [4.69, 9.17) is 4.52 Å².